The quantitative estimate of drug-likeness (QED) is 0.724. The van der Waals surface area contributed by atoms with Crippen LogP contribution < -0.4 is 5.73 Å². The monoisotopic (exact) mass is 192 g/mol. The first-order valence-electron chi connectivity index (χ1n) is 4.82. The van der Waals surface area contributed by atoms with Gasteiger partial charge in [0.1, 0.15) is 0 Å². The number of hydrogen-bond donors (Lipinski definition) is 1. The van der Waals surface area contributed by atoms with Gasteiger partial charge in [0.2, 0.25) is 6.43 Å². The van der Waals surface area contributed by atoms with Crippen molar-refractivity contribution < 1.29 is 8.78 Å². The van der Waals surface area contributed by atoms with Gasteiger partial charge in [-0.2, -0.15) is 0 Å². The molecule has 1 aliphatic heterocycles. The predicted molar refractivity (Wildman–Crippen MR) is 48.8 cm³/mol. The molecule has 1 aliphatic rings. The minimum Gasteiger partial charge on any atom is -0.330 e. The van der Waals surface area contributed by atoms with Gasteiger partial charge in [-0.3, -0.25) is 0 Å². The molecule has 4 heteroatoms. The van der Waals surface area contributed by atoms with Gasteiger partial charge in [0.05, 0.1) is 0 Å². The van der Waals surface area contributed by atoms with Crippen LogP contribution in [-0.2, 0) is 0 Å². The second-order valence-electron chi connectivity index (χ2n) is 3.89. The van der Waals surface area contributed by atoms with Crippen molar-refractivity contribution in [2.45, 2.75) is 19.3 Å². The van der Waals surface area contributed by atoms with Crippen molar-refractivity contribution in [1.29, 1.82) is 0 Å². The molecule has 0 aliphatic carbocycles. The summed E-state index contributed by atoms with van der Waals surface area (Å²) in [5, 5.41) is 0. The standard InChI is InChI=1S/C9H18F2N2/c1-13-5-3-7(6-13)8(2-4-12)9(10)11/h7-9H,2-6,12H2,1H3. The molecule has 0 aromatic rings. The minimum atomic E-state index is -2.21. The van der Waals surface area contributed by atoms with E-state index in [2.05, 4.69) is 4.90 Å². The Labute approximate surface area is 78.1 Å². The first kappa shape index (κ1) is 10.9. The van der Waals surface area contributed by atoms with E-state index in [0.717, 1.165) is 19.5 Å². The number of halogens is 2. The SMILES string of the molecule is CN1CCC(C(CCN)C(F)F)C1. The molecule has 13 heavy (non-hydrogen) atoms. The van der Waals surface area contributed by atoms with Crippen molar-refractivity contribution in [3.05, 3.63) is 0 Å². The molecule has 0 spiro atoms. The van der Waals surface area contributed by atoms with Gasteiger partial charge in [0.25, 0.3) is 0 Å². The summed E-state index contributed by atoms with van der Waals surface area (Å²) in [6.45, 7) is 2.11. The first-order chi connectivity index (χ1) is 6.15. The summed E-state index contributed by atoms with van der Waals surface area (Å²) < 4.78 is 25.2. The van der Waals surface area contributed by atoms with E-state index in [1.165, 1.54) is 0 Å². The van der Waals surface area contributed by atoms with E-state index in [1.807, 2.05) is 7.05 Å². The van der Waals surface area contributed by atoms with E-state index >= 15 is 0 Å². The van der Waals surface area contributed by atoms with Crippen LogP contribution in [0.5, 0.6) is 0 Å². The van der Waals surface area contributed by atoms with Gasteiger partial charge in [-0.25, -0.2) is 8.78 Å². The summed E-state index contributed by atoms with van der Waals surface area (Å²) in [4.78, 5) is 2.11. The molecular weight excluding hydrogens is 174 g/mol. The lowest BCUT2D eigenvalue weighted by atomic mass is 9.89. The smallest absolute Gasteiger partial charge is 0.241 e. The van der Waals surface area contributed by atoms with Crippen LogP contribution in [0.4, 0.5) is 8.78 Å². The fourth-order valence-corrected chi connectivity index (χ4v) is 2.08. The molecule has 1 rings (SSSR count). The molecule has 0 aromatic carbocycles. The van der Waals surface area contributed by atoms with Gasteiger partial charge >= 0.3 is 0 Å². The van der Waals surface area contributed by atoms with Gasteiger partial charge in [0, 0.05) is 12.5 Å². The Morgan fingerprint density at radius 3 is 2.62 bits per heavy atom. The molecule has 2 N–H and O–H groups in total. The van der Waals surface area contributed by atoms with Crippen molar-refractivity contribution in [2.75, 3.05) is 26.7 Å². The summed E-state index contributed by atoms with van der Waals surface area (Å²) in [6, 6.07) is 0. The first-order valence-corrected chi connectivity index (χ1v) is 4.82. The van der Waals surface area contributed by atoms with Crippen molar-refractivity contribution >= 4 is 0 Å². The Kier molecular flexibility index (Phi) is 4.06. The van der Waals surface area contributed by atoms with Crippen LogP contribution in [0.15, 0.2) is 0 Å². The van der Waals surface area contributed by atoms with Crippen LogP contribution in [0, 0.1) is 11.8 Å². The molecule has 0 bridgehead atoms. The van der Waals surface area contributed by atoms with Crippen LogP contribution in [0.1, 0.15) is 12.8 Å². The zero-order valence-electron chi connectivity index (χ0n) is 8.05. The van der Waals surface area contributed by atoms with Gasteiger partial charge < -0.3 is 10.6 Å². The van der Waals surface area contributed by atoms with Crippen molar-refractivity contribution in [3.63, 3.8) is 0 Å². The maximum Gasteiger partial charge on any atom is 0.241 e. The summed E-state index contributed by atoms with van der Waals surface area (Å²) in [5.41, 5.74) is 5.32. The second-order valence-corrected chi connectivity index (χ2v) is 3.89. The van der Waals surface area contributed by atoms with E-state index < -0.39 is 12.3 Å². The Morgan fingerprint density at radius 1 is 1.54 bits per heavy atom. The lowest BCUT2D eigenvalue weighted by Gasteiger charge is -2.21. The number of rotatable bonds is 4. The molecular formula is C9H18F2N2. The highest BCUT2D eigenvalue weighted by atomic mass is 19.3. The minimum absolute atomic E-state index is 0.147. The molecule has 2 atom stereocenters. The highest BCUT2D eigenvalue weighted by Gasteiger charge is 2.32. The molecule has 1 fully saturated rings. The molecule has 2 nitrogen and oxygen atoms in total. The number of nitrogens with two attached hydrogens (primary N) is 1. The highest BCUT2D eigenvalue weighted by Crippen LogP contribution is 2.29. The van der Waals surface area contributed by atoms with Crippen LogP contribution in [0.3, 0.4) is 0 Å². The van der Waals surface area contributed by atoms with E-state index in [1.54, 1.807) is 0 Å². The van der Waals surface area contributed by atoms with Gasteiger partial charge in [-0.15, -0.1) is 0 Å². The Bertz CT molecular complexity index is 153. The summed E-state index contributed by atoms with van der Waals surface area (Å²) in [7, 11) is 1.98. The second kappa shape index (κ2) is 4.86. The average molecular weight is 192 g/mol. The number of alkyl halides is 2. The molecule has 1 heterocycles. The van der Waals surface area contributed by atoms with Crippen LogP contribution >= 0.6 is 0 Å². The molecule has 78 valence electrons. The van der Waals surface area contributed by atoms with Crippen LogP contribution in [0.25, 0.3) is 0 Å². The van der Waals surface area contributed by atoms with Gasteiger partial charge in [0.15, 0.2) is 0 Å². The van der Waals surface area contributed by atoms with E-state index in [9.17, 15) is 8.78 Å². The summed E-state index contributed by atoms with van der Waals surface area (Å²) >= 11 is 0. The average Bonchev–Trinajstić information content (AvgIpc) is 2.46. The normalized spacial score (nSPS) is 27.0. The van der Waals surface area contributed by atoms with Crippen LogP contribution in [0.2, 0.25) is 0 Å². The van der Waals surface area contributed by atoms with E-state index in [-0.39, 0.29) is 5.92 Å². The number of likely N-dealkylation sites (tertiary alicyclic amines) is 1. The molecule has 0 aromatic heterocycles. The fraction of sp³-hybridized carbons (Fsp3) is 1.00. The third kappa shape index (κ3) is 2.88. The fourth-order valence-electron chi connectivity index (χ4n) is 2.08. The summed E-state index contributed by atoms with van der Waals surface area (Å²) in [6.07, 6.45) is -0.859. The molecule has 0 amide bonds. The zero-order chi connectivity index (χ0) is 9.84. The lowest BCUT2D eigenvalue weighted by molar-refractivity contribution is 0.0419. The number of nitrogens with zero attached hydrogens (tertiary/aromatic N) is 1. The van der Waals surface area contributed by atoms with E-state index in [4.69, 9.17) is 5.73 Å². The van der Waals surface area contributed by atoms with Gasteiger partial charge in [-0.05, 0) is 38.9 Å². The third-order valence-electron chi connectivity index (χ3n) is 2.86. The number of hydrogen-bond acceptors (Lipinski definition) is 2. The van der Waals surface area contributed by atoms with E-state index in [0.29, 0.717) is 13.0 Å². The topological polar surface area (TPSA) is 29.3 Å². The van der Waals surface area contributed by atoms with Crippen LogP contribution in [-0.4, -0.2) is 38.0 Å². The molecule has 0 radical (unpaired) electrons. The Balaban J connectivity index is 2.44. The highest BCUT2D eigenvalue weighted by molar-refractivity contribution is 4.80. The van der Waals surface area contributed by atoms with Crippen molar-refractivity contribution in [2.24, 2.45) is 17.6 Å². The maximum atomic E-state index is 12.6. The zero-order valence-corrected chi connectivity index (χ0v) is 8.05. The molecule has 0 saturated carbocycles. The van der Waals surface area contributed by atoms with Crippen molar-refractivity contribution in [3.8, 4) is 0 Å². The Hall–Kier alpha value is -0.220. The molecule has 1 saturated heterocycles. The maximum absolute atomic E-state index is 12.6. The lowest BCUT2D eigenvalue weighted by Crippen LogP contribution is -2.27. The van der Waals surface area contributed by atoms with Gasteiger partial charge in [-0.1, -0.05) is 0 Å². The third-order valence-corrected chi connectivity index (χ3v) is 2.86. The van der Waals surface area contributed by atoms with Crippen molar-refractivity contribution in [1.82, 2.24) is 4.90 Å². The predicted octanol–water partition coefficient (Wildman–Crippen LogP) is 1.17. The Morgan fingerprint density at radius 2 is 2.23 bits per heavy atom. The largest absolute Gasteiger partial charge is 0.330 e. The molecule has 2 unspecified atom stereocenters. The summed E-state index contributed by atoms with van der Waals surface area (Å²) in [5.74, 6) is -0.344.